The highest BCUT2D eigenvalue weighted by molar-refractivity contribution is 7.91. The average Bonchev–Trinajstić information content (AvgIpc) is 2.39. The molecule has 0 aliphatic carbocycles. The molecule has 0 amide bonds. The monoisotopic (exact) mass is 285 g/mol. The Morgan fingerprint density at radius 2 is 2.25 bits per heavy atom. The van der Waals surface area contributed by atoms with Crippen LogP contribution in [-0.2, 0) is 14.6 Å². The fourth-order valence-electron chi connectivity index (χ4n) is 1.39. The molecule has 1 fully saturated rings. The molecule has 0 spiro atoms. The van der Waals surface area contributed by atoms with Crippen LogP contribution in [0.4, 0.5) is 0 Å². The van der Waals surface area contributed by atoms with E-state index >= 15 is 0 Å². The fraction of sp³-hybridized carbons (Fsp3) is 0.889. The Bertz CT molecular complexity index is 358. The van der Waals surface area contributed by atoms with Gasteiger partial charge in [-0.3, -0.25) is 0 Å². The Balaban J connectivity index is 2.46. The molecule has 1 aliphatic heterocycles. The van der Waals surface area contributed by atoms with E-state index in [2.05, 4.69) is 5.32 Å². The maximum atomic E-state index is 11.3. The Morgan fingerprint density at radius 3 is 2.69 bits per heavy atom. The molecule has 0 saturated carbocycles. The number of alkyl halides is 1. The molecule has 1 aliphatic rings. The van der Waals surface area contributed by atoms with Crippen LogP contribution in [0.1, 0.15) is 20.3 Å². The molecule has 4 nitrogen and oxygen atoms in total. The summed E-state index contributed by atoms with van der Waals surface area (Å²) < 4.78 is 28.0. The molecule has 0 aromatic rings. The second kappa shape index (κ2) is 5.51. The van der Waals surface area contributed by atoms with Crippen molar-refractivity contribution in [2.45, 2.75) is 37.8 Å². The molecule has 0 bridgehead atoms. The second-order valence-corrected chi connectivity index (χ2v) is 7.05. The van der Waals surface area contributed by atoms with Gasteiger partial charge in [-0.2, -0.15) is 0 Å². The molecule has 94 valence electrons. The molecule has 3 atom stereocenters. The van der Waals surface area contributed by atoms with Gasteiger partial charge < -0.3 is 10.1 Å². The van der Waals surface area contributed by atoms with Crippen LogP contribution in [-0.4, -0.2) is 42.6 Å². The van der Waals surface area contributed by atoms with E-state index < -0.39 is 15.2 Å². The minimum Gasteiger partial charge on any atom is -0.468 e. The van der Waals surface area contributed by atoms with Crippen LogP contribution in [0.2, 0.25) is 0 Å². The van der Waals surface area contributed by atoms with E-state index in [1.54, 1.807) is 0 Å². The van der Waals surface area contributed by atoms with Gasteiger partial charge in [0.2, 0.25) is 0 Å². The number of hydrogen-bond donors (Lipinski definition) is 1. The van der Waals surface area contributed by atoms with Crippen LogP contribution in [0.3, 0.4) is 0 Å². The van der Waals surface area contributed by atoms with Gasteiger partial charge in [0.25, 0.3) is 5.17 Å². The molecule has 0 aromatic heterocycles. The third-order valence-corrected chi connectivity index (χ3v) is 5.06. The zero-order chi connectivity index (χ0) is 12.3. The van der Waals surface area contributed by atoms with Gasteiger partial charge >= 0.3 is 0 Å². The fourth-order valence-corrected chi connectivity index (χ4v) is 4.25. The van der Waals surface area contributed by atoms with Gasteiger partial charge in [-0.05, 0) is 25.6 Å². The largest absolute Gasteiger partial charge is 0.468 e. The van der Waals surface area contributed by atoms with Crippen LogP contribution in [0.5, 0.6) is 0 Å². The quantitative estimate of drug-likeness (QED) is 0.621. The van der Waals surface area contributed by atoms with E-state index in [0.717, 1.165) is 6.42 Å². The van der Waals surface area contributed by atoms with E-state index in [0.29, 0.717) is 0 Å². The van der Waals surface area contributed by atoms with Gasteiger partial charge in [-0.1, -0.05) is 6.92 Å². The molecule has 1 heterocycles. The van der Waals surface area contributed by atoms with Crippen molar-refractivity contribution in [2.75, 3.05) is 11.5 Å². The molecular weight excluding hydrogens is 270 g/mol. The molecular formula is C9H16ClNO3S2. The summed E-state index contributed by atoms with van der Waals surface area (Å²) in [7, 11) is -3.03. The molecule has 7 heteroatoms. The van der Waals surface area contributed by atoms with Crippen molar-refractivity contribution in [3.63, 3.8) is 0 Å². The number of ether oxygens (including phenoxy) is 1. The van der Waals surface area contributed by atoms with E-state index in [-0.39, 0.29) is 28.8 Å². The van der Waals surface area contributed by atoms with Crippen molar-refractivity contribution in [3.05, 3.63) is 0 Å². The summed E-state index contributed by atoms with van der Waals surface area (Å²) in [6, 6.07) is -0.344. The van der Waals surface area contributed by atoms with Crippen molar-refractivity contribution in [2.24, 2.45) is 0 Å². The molecule has 0 radical (unpaired) electrons. The number of halogens is 1. The van der Waals surface area contributed by atoms with Gasteiger partial charge in [-0.25, -0.2) is 8.42 Å². The predicted molar refractivity (Wildman–Crippen MR) is 68.7 cm³/mol. The summed E-state index contributed by atoms with van der Waals surface area (Å²) >= 11 is 10.9. The number of hydrogen-bond acceptors (Lipinski definition) is 4. The van der Waals surface area contributed by atoms with Crippen LogP contribution in [0, 0.1) is 0 Å². The van der Waals surface area contributed by atoms with E-state index in [1.165, 1.54) is 0 Å². The van der Waals surface area contributed by atoms with Crippen LogP contribution in [0.25, 0.3) is 0 Å². The predicted octanol–water partition coefficient (Wildman–Crippen LogP) is 1.08. The van der Waals surface area contributed by atoms with E-state index in [4.69, 9.17) is 28.6 Å². The van der Waals surface area contributed by atoms with Gasteiger partial charge in [0, 0.05) is 0 Å². The molecule has 16 heavy (non-hydrogen) atoms. The van der Waals surface area contributed by atoms with Crippen LogP contribution in [0.15, 0.2) is 0 Å². The maximum absolute atomic E-state index is 11.3. The first-order valence-electron chi connectivity index (χ1n) is 5.15. The number of thiocarbonyl (C=S) groups is 1. The summed E-state index contributed by atoms with van der Waals surface area (Å²) in [6.07, 6.45) is 0.863. The van der Waals surface area contributed by atoms with Crippen LogP contribution < -0.4 is 5.32 Å². The van der Waals surface area contributed by atoms with Gasteiger partial charge in [-0.15, -0.1) is 11.6 Å². The van der Waals surface area contributed by atoms with Crippen molar-refractivity contribution < 1.29 is 13.2 Å². The molecule has 3 unspecified atom stereocenters. The standard InChI is InChI=1S/C9H16ClNO3S2/c1-3-6(2)14-9(15)11-8-5-16(12,13)4-7(8)10/h6-8H,3-5H2,1-2H3,(H,11,15). The molecule has 1 N–H and O–H groups in total. The molecule has 1 rings (SSSR count). The number of sulfone groups is 1. The first kappa shape index (κ1) is 14.0. The Morgan fingerprint density at radius 1 is 1.62 bits per heavy atom. The second-order valence-electron chi connectivity index (χ2n) is 3.97. The summed E-state index contributed by atoms with van der Waals surface area (Å²) in [5.74, 6) is 0.0172. The zero-order valence-corrected chi connectivity index (χ0v) is 11.7. The van der Waals surface area contributed by atoms with Gasteiger partial charge in [0.15, 0.2) is 9.84 Å². The third-order valence-electron chi connectivity index (χ3n) is 2.47. The number of nitrogens with one attached hydrogen (secondary N) is 1. The summed E-state index contributed by atoms with van der Waals surface area (Å²) in [5.41, 5.74) is 0. The van der Waals surface area contributed by atoms with Gasteiger partial charge in [0.1, 0.15) is 0 Å². The highest BCUT2D eigenvalue weighted by Crippen LogP contribution is 2.18. The lowest BCUT2D eigenvalue weighted by Gasteiger charge is -2.19. The highest BCUT2D eigenvalue weighted by Gasteiger charge is 2.37. The lowest BCUT2D eigenvalue weighted by atomic mass is 10.2. The van der Waals surface area contributed by atoms with Gasteiger partial charge in [0.05, 0.1) is 29.0 Å². The Kier molecular flexibility index (Phi) is 4.82. The van der Waals surface area contributed by atoms with E-state index in [1.807, 2.05) is 13.8 Å². The minimum absolute atomic E-state index is 0.00182. The summed E-state index contributed by atoms with van der Waals surface area (Å²) in [4.78, 5) is 0. The molecule has 1 saturated heterocycles. The normalized spacial score (nSPS) is 29.7. The van der Waals surface area contributed by atoms with Crippen molar-refractivity contribution >= 4 is 38.8 Å². The third kappa shape index (κ3) is 4.07. The highest BCUT2D eigenvalue weighted by atomic mass is 35.5. The van der Waals surface area contributed by atoms with Crippen molar-refractivity contribution in [1.82, 2.24) is 5.32 Å². The molecule has 0 aromatic carbocycles. The Labute approximate surface area is 107 Å². The lowest BCUT2D eigenvalue weighted by Crippen LogP contribution is -2.41. The zero-order valence-electron chi connectivity index (χ0n) is 9.27. The maximum Gasteiger partial charge on any atom is 0.257 e. The van der Waals surface area contributed by atoms with Crippen LogP contribution >= 0.6 is 23.8 Å². The average molecular weight is 286 g/mol. The minimum atomic E-state index is -3.03. The Hall–Kier alpha value is -0.0700. The van der Waals surface area contributed by atoms with E-state index in [9.17, 15) is 8.42 Å². The van der Waals surface area contributed by atoms with Crippen molar-refractivity contribution in [1.29, 1.82) is 0 Å². The lowest BCUT2D eigenvalue weighted by molar-refractivity contribution is 0.198. The van der Waals surface area contributed by atoms with Crippen molar-refractivity contribution in [3.8, 4) is 0 Å². The first-order valence-corrected chi connectivity index (χ1v) is 7.82. The topological polar surface area (TPSA) is 55.4 Å². The SMILES string of the molecule is CCC(C)OC(=S)NC1CS(=O)(=O)CC1Cl. The first-order chi connectivity index (χ1) is 7.34. The smallest absolute Gasteiger partial charge is 0.257 e. The number of rotatable bonds is 3. The summed E-state index contributed by atoms with van der Waals surface area (Å²) in [5, 5.41) is 2.63. The summed E-state index contributed by atoms with van der Waals surface area (Å²) in [6.45, 7) is 3.88.